The van der Waals surface area contributed by atoms with E-state index in [4.69, 9.17) is 4.74 Å². The molecule has 1 N–H and O–H groups in total. The number of anilines is 1. The number of thiazole rings is 1. The summed E-state index contributed by atoms with van der Waals surface area (Å²) in [6, 6.07) is 0. The molecule has 3 rings (SSSR count). The molecule has 0 radical (unpaired) electrons. The number of fused-ring (bicyclic) bond motifs is 1. The molecule has 0 aliphatic rings. The highest BCUT2D eigenvalue weighted by atomic mass is 32.1. The van der Waals surface area contributed by atoms with Gasteiger partial charge >= 0.3 is 5.97 Å². The van der Waals surface area contributed by atoms with Crippen LogP contribution in [0.5, 0.6) is 0 Å². The highest BCUT2D eigenvalue weighted by Gasteiger charge is 2.20. The molecule has 0 atom stereocenters. The van der Waals surface area contributed by atoms with Crippen LogP contribution >= 0.6 is 22.7 Å². The van der Waals surface area contributed by atoms with E-state index in [0.29, 0.717) is 23.8 Å². The smallest absolute Gasteiger partial charge is 0.348 e. The van der Waals surface area contributed by atoms with Crippen LogP contribution in [0.2, 0.25) is 0 Å². The highest BCUT2D eigenvalue weighted by Crippen LogP contribution is 2.34. The SMILES string of the molecule is CCOC(=O)c1sc2ncnc(NCc3nc(C)sc3C)c2c1C. The van der Waals surface area contributed by atoms with Crippen molar-refractivity contribution in [2.45, 2.75) is 34.2 Å². The van der Waals surface area contributed by atoms with Gasteiger partial charge in [-0.05, 0) is 33.3 Å². The van der Waals surface area contributed by atoms with Gasteiger partial charge in [0.1, 0.15) is 21.9 Å². The van der Waals surface area contributed by atoms with Crippen LogP contribution in [0.15, 0.2) is 6.33 Å². The van der Waals surface area contributed by atoms with Crippen molar-refractivity contribution in [1.29, 1.82) is 0 Å². The van der Waals surface area contributed by atoms with Crippen molar-refractivity contribution in [3.05, 3.63) is 32.3 Å². The van der Waals surface area contributed by atoms with Gasteiger partial charge in [0.15, 0.2) is 0 Å². The summed E-state index contributed by atoms with van der Waals surface area (Å²) in [5.74, 6) is 0.407. The van der Waals surface area contributed by atoms with E-state index in [1.165, 1.54) is 22.5 Å². The number of esters is 1. The third-order valence-corrected chi connectivity index (χ3v) is 5.72. The second-order valence-electron chi connectivity index (χ2n) is 5.27. The molecule has 8 heteroatoms. The van der Waals surface area contributed by atoms with Gasteiger partial charge in [0.25, 0.3) is 0 Å². The Balaban J connectivity index is 1.93. The van der Waals surface area contributed by atoms with E-state index in [1.807, 2.05) is 13.8 Å². The lowest BCUT2D eigenvalue weighted by Gasteiger charge is -2.06. The number of aromatic nitrogens is 3. The van der Waals surface area contributed by atoms with Crippen molar-refractivity contribution in [3.63, 3.8) is 0 Å². The lowest BCUT2D eigenvalue weighted by Crippen LogP contribution is -2.05. The molecule has 0 aliphatic heterocycles. The molecule has 0 amide bonds. The Kier molecular flexibility index (Phi) is 4.77. The maximum absolute atomic E-state index is 12.1. The first-order valence-corrected chi connectivity index (χ1v) is 9.22. The lowest BCUT2D eigenvalue weighted by atomic mass is 10.2. The number of hydrogen-bond acceptors (Lipinski definition) is 8. The number of carbonyl (C=O) groups excluding carboxylic acids is 1. The van der Waals surface area contributed by atoms with Crippen molar-refractivity contribution >= 4 is 44.7 Å². The molecule has 0 saturated carbocycles. The van der Waals surface area contributed by atoms with Gasteiger partial charge in [-0.1, -0.05) is 0 Å². The zero-order valence-electron chi connectivity index (χ0n) is 14.0. The van der Waals surface area contributed by atoms with Crippen LogP contribution < -0.4 is 5.32 Å². The van der Waals surface area contributed by atoms with Crippen molar-refractivity contribution in [3.8, 4) is 0 Å². The fourth-order valence-electron chi connectivity index (χ4n) is 2.50. The van der Waals surface area contributed by atoms with Gasteiger partial charge < -0.3 is 10.1 Å². The average Bonchev–Trinajstić information content (AvgIpc) is 3.05. The van der Waals surface area contributed by atoms with E-state index in [0.717, 1.165) is 26.5 Å². The van der Waals surface area contributed by atoms with Crippen LogP contribution in [0.3, 0.4) is 0 Å². The van der Waals surface area contributed by atoms with Gasteiger partial charge in [-0.25, -0.2) is 19.7 Å². The monoisotopic (exact) mass is 362 g/mol. The molecule has 0 bridgehead atoms. The minimum Gasteiger partial charge on any atom is -0.462 e. The van der Waals surface area contributed by atoms with E-state index < -0.39 is 0 Å². The van der Waals surface area contributed by atoms with E-state index in [2.05, 4.69) is 27.2 Å². The van der Waals surface area contributed by atoms with Gasteiger partial charge in [0, 0.05) is 4.88 Å². The number of rotatable bonds is 5. The quantitative estimate of drug-likeness (QED) is 0.695. The predicted molar refractivity (Wildman–Crippen MR) is 97.0 cm³/mol. The first kappa shape index (κ1) is 16.8. The Labute approximate surface area is 147 Å². The van der Waals surface area contributed by atoms with Crippen LogP contribution in [0.1, 0.15) is 37.7 Å². The summed E-state index contributed by atoms with van der Waals surface area (Å²) in [6.07, 6.45) is 1.51. The van der Waals surface area contributed by atoms with Gasteiger partial charge in [-0.15, -0.1) is 22.7 Å². The summed E-state index contributed by atoms with van der Waals surface area (Å²) in [5, 5.41) is 5.25. The number of carbonyl (C=O) groups is 1. The van der Waals surface area contributed by atoms with Gasteiger partial charge in [0.05, 0.1) is 29.2 Å². The fraction of sp³-hybridized carbons (Fsp3) is 0.375. The molecule has 3 aromatic rings. The van der Waals surface area contributed by atoms with Crippen molar-refractivity contribution in [2.75, 3.05) is 11.9 Å². The number of ether oxygens (including phenoxy) is 1. The highest BCUT2D eigenvalue weighted by molar-refractivity contribution is 7.20. The molecule has 0 aromatic carbocycles. The van der Waals surface area contributed by atoms with Crippen LogP contribution in [0.4, 0.5) is 5.82 Å². The predicted octanol–water partition coefficient (Wildman–Crippen LogP) is 3.86. The first-order chi connectivity index (χ1) is 11.5. The number of thiophene rings is 1. The summed E-state index contributed by atoms with van der Waals surface area (Å²) in [5.41, 5.74) is 1.87. The lowest BCUT2D eigenvalue weighted by molar-refractivity contribution is 0.0531. The second-order valence-corrected chi connectivity index (χ2v) is 7.67. The largest absolute Gasteiger partial charge is 0.462 e. The third-order valence-electron chi connectivity index (χ3n) is 3.61. The summed E-state index contributed by atoms with van der Waals surface area (Å²) in [4.78, 5) is 27.8. The Morgan fingerprint density at radius 3 is 2.71 bits per heavy atom. The normalized spacial score (nSPS) is 11.0. The summed E-state index contributed by atoms with van der Waals surface area (Å²) < 4.78 is 5.12. The topological polar surface area (TPSA) is 77.0 Å². The number of aryl methyl sites for hydroxylation is 3. The molecule has 6 nitrogen and oxygen atoms in total. The maximum Gasteiger partial charge on any atom is 0.348 e. The third kappa shape index (κ3) is 3.11. The van der Waals surface area contributed by atoms with E-state index in [-0.39, 0.29) is 5.97 Å². The Morgan fingerprint density at radius 1 is 1.25 bits per heavy atom. The average molecular weight is 362 g/mol. The van der Waals surface area contributed by atoms with E-state index >= 15 is 0 Å². The molecule has 24 heavy (non-hydrogen) atoms. The van der Waals surface area contributed by atoms with Gasteiger partial charge in [-0.2, -0.15) is 0 Å². The zero-order valence-corrected chi connectivity index (χ0v) is 15.6. The van der Waals surface area contributed by atoms with E-state index in [1.54, 1.807) is 18.3 Å². The number of hydrogen-bond donors (Lipinski definition) is 1. The van der Waals surface area contributed by atoms with Crippen LogP contribution in [-0.2, 0) is 11.3 Å². The minimum absolute atomic E-state index is 0.310. The van der Waals surface area contributed by atoms with Gasteiger partial charge in [-0.3, -0.25) is 0 Å². The van der Waals surface area contributed by atoms with Crippen molar-refractivity contribution in [2.24, 2.45) is 0 Å². The van der Waals surface area contributed by atoms with Crippen molar-refractivity contribution < 1.29 is 9.53 Å². The molecule has 0 aliphatic carbocycles. The van der Waals surface area contributed by atoms with Crippen LogP contribution in [-0.4, -0.2) is 27.5 Å². The summed E-state index contributed by atoms with van der Waals surface area (Å²) in [6.45, 7) is 8.70. The molecular weight excluding hydrogens is 344 g/mol. The van der Waals surface area contributed by atoms with Crippen LogP contribution in [0.25, 0.3) is 10.2 Å². The minimum atomic E-state index is -0.310. The Morgan fingerprint density at radius 2 is 2.04 bits per heavy atom. The number of nitrogens with zero attached hydrogens (tertiary/aromatic N) is 3. The molecule has 0 spiro atoms. The van der Waals surface area contributed by atoms with E-state index in [9.17, 15) is 4.79 Å². The molecule has 0 unspecified atom stereocenters. The fourth-order valence-corrected chi connectivity index (χ4v) is 4.38. The summed E-state index contributed by atoms with van der Waals surface area (Å²) in [7, 11) is 0. The van der Waals surface area contributed by atoms with Gasteiger partial charge in [0.2, 0.25) is 0 Å². The first-order valence-electron chi connectivity index (χ1n) is 7.59. The molecule has 0 saturated heterocycles. The Bertz CT molecular complexity index is 901. The molecule has 126 valence electrons. The molecule has 0 fully saturated rings. The van der Waals surface area contributed by atoms with Crippen LogP contribution in [0, 0.1) is 20.8 Å². The second kappa shape index (κ2) is 6.82. The molecule has 3 heterocycles. The number of nitrogens with one attached hydrogen (secondary N) is 1. The summed E-state index contributed by atoms with van der Waals surface area (Å²) >= 11 is 3.02. The molecule has 3 aromatic heterocycles. The Hall–Kier alpha value is -2.06. The molecular formula is C16H18N4O2S2. The maximum atomic E-state index is 12.1. The standard InChI is InChI=1S/C16H18N4O2S2/c1-5-22-16(21)13-8(2)12-14(18-7-19-15(12)24-13)17-6-11-9(3)23-10(4)20-11/h7H,5-6H2,1-4H3,(H,17,18,19). The zero-order chi connectivity index (χ0) is 17.3. The van der Waals surface area contributed by atoms with Crippen molar-refractivity contribution in [1.82, 2.24) is 15.0 Å².